The van der Waals surface area contributed by atoms with Crippen molar-refractivity contribution in [2.75, 3.05) is 12.3 Å². The molecule has 4 nitrogen and oxygen atoms in total. The Hall–Kier alpha value is -1.33. The number of hydrogen-bond acceptors (Lipinski definition) is 4. The Morgan fingerprint density at radius 1 is 1.24 bits per heavy atom. The second-order valence-electron chi connectivity index (χ2n) is 5.37. The normalized spacial score (nSPS) is 12.6. The molecule has 114 valence electrons. The quantitative estimate of drug-likeness (QED) is 0.832. The average molecular weight is 304 g/mol. The van der Waals surface area contributed by atoms with Gasteiger partial charge in [-0.25, -0.2) is 0 Å². The number of aromatic nitrogens is 3. The van der Waals surface area contributed by atoms with Crippen molar-refractivity contribution in [1.82, 2.24) is 20.1 Å². The fraction of sp³-hybridized carbons (Fsp3) is 0.500. The molecule has 5 heteroatoms. The van der Waals surface area contributed by atoms with Crippen molar-refractivity contribution in [2.24, 2.45) is 7.05 Å². The first-order chi connectivity index (χ1) is 10.0. The largest absolute Gasteiger partial charge is 0.309 e. The van der Waals surface area contributed by atoms with Crippen LogP contribution >= 0.6 is 11.8 Å². The lowest BCUT2D eigenvalue weighted by Gasteiger charge is -2.20. The zero-order valence-corrected chi connectivity index (χ0v) is 14.3. The van der Waals surface area contributed by atoms with Crippen LogP contribution in [0, 0.1) is 20.8 Å². The summed E-state index contributed by atoms with van der Waals surface area (Å²) < 4.78 is 2.04. The first kappa shape index (κ1) is 16.0. The number of aryl methyl sites for hydroxylation is 3. The first-order valence-corrected chi connectivity index (χ1v) is 8.30. The SMILES string of the molecule is CCNC(CSc1nnc(C)n1C)c1ccc(C)cc1C. The molecule has 1 heterocycles. The van der Waals surface area contributed by atoms with Gasteiger partial charge in [-0.05, 0) is 38.4 Å². The summed E-state index contributed by atoms with van der Waals surface area (Å²) in [6.07, 6.45) is 0. The van der Waals surface area contributed by atoms with Crippen LogP contribution in [0.15, 0.2) is 23.4 Å². The maximum Gasteiger partial charge on any atom is 0.191 e. The van der Waals surface area contributed by atoms with Crippen molar-refractivity contribution in [3.8, 4) is 0 Å². The summed E-state index contributed by atoms with van der Waals surface area (Å²) in [4.78, 5) is 0. The Kier molecular flexibility index (Phi) is 5.42. The molecule has 0 amide bonds. The van der Waals surface area contributed by atoms with Crippen LogP contribution in [0.2, 0.25) is 0 Å². The highest BCUT2D eigenvalue weighted by Crippen LogP contribution is 2.26. The lowest BCUT2D eigenvalue weighted by molar-refractivity contribution is 0.601. The highest BCUT2D eigenvalue weighted by Gasteiger charge is 2.15. The van der Waals surface area contributed by atoms with Crippen LogP contribution in [-0.2, 0) is 7.05 Å². The highest BCUT2D eigenvalue weighted by molar-refractivity contribution is 7.99. The highest BCUT2D eigenvalue weighted by atomic mass is 32.2. The van der Waals surface area contributed by atoms with E-state index in [4.69, 9.17) is 0 Å². The molecular weight excluding hydrogens is 280 g/mol. The molecule has 0 fully saturated rings. The summed E-state index contributed by atoms with van der Waals surface area (Å²) in [5, 5.41) is 12.9. The number of hydrogen-bond donors (Lipinski definition) is 1. The fourth-order valence-corrected chi connectivity index (χ4v) is 3.43. The molecule has 0 aliphatic heterocycles. The van der Waals surface area contributed by atoms with E-state index in [-0.39, 0.29) is 0 Å². The van der Waals surface area contributed by atoms with Crippen molar-refractivity contribution >= 4 is 11.8 Å². The molecule has 1 unspecified atom stereocenters. The molecule has 0 bridgehead atoms. The molecule has 1 aromatic carbocycles. The van der Waals surface area contributed by atoms with Crippen LogP contribution in [0.25, 0.3) is 0 Å². The van der Waals surface area contributed by atoms with Crippen molar-refractivity contribution in [1.29, 1.82) is 0 Å². The minimum Gasteiger partial charge on any atom is -0.309 e. The van der Waals surface area contributed by atoms with Gasteiger partial charge in [-0.15, -0.1) is 10.2 Å². The number of thioether (sulfide) groups is 1. The maximum atomic E-state index is 4.23. The zero-order chi connectivity index (χ0) is 15.4. The van der Waals surface area contributed by atoms with Crippen molar-refractivity contribution in [3.05, 3.63) is 40.7 Å². The Morgan fingerprint density at radius 2 is 2.00 bits per heavy atom. The van der Waals surface area contributed by atoms with Crippen LogP contribution in [0.5, 0.6) is 0 Å². The molecule has 1 aromatic heterocycles. The molecule has 0 saturated heterocycles. The third kappa shape index (κ3) is 3.86. The predicted octanol–water partition coefficient (Wildman–Crippen LogP) is 3.18. The van der Waals surface area contributed by atoms with Crippen LogP contribution in [-0.4, -0.2) is 27.1 Å². The fourth-order valence-electron chi connectivity index (χ4n) is 2.39. The number of rotatable bonds is 6. The minimum atomic E-state index is 0.331. The Balaban J connectivity index is 2.13. The maximum absolute atomic E-state index is 4.23. The monoisotopic (exact) mass is 304 g/mol. The van der Waals surface area contributed by atoms with Gasteiger partial charge in [0.05, 0.1) is 0 Å². The van der Waals surface area contributed by atoms with Crippen LogP contribution in [0.3, 0.4) is 0 Å². The van der Waals surface area contributed by atoms with E-state index in [1.165, 1.54) is 16.7 Å². The molecule has 2 aromatic rings. The molecule has 0 aliphatic rings. The summed E-state index contributed by atoms with van der Waals surface area (Å²) in [5.41, 5.74) is 4.02. The average Bonchev–Trinajstić information content (AvgIpc) is 2.75. The summed E-state index contributed by atoms with van der Waals surface area (Å²) in [5.74, 6) is 1.90. The van der Waals surface area contributed by atoms with E-state index >= 15 is 0 Å². The number of nitrogens with one attached hydrogen (secondary N) is 1. The Labute approximate surface area is 131 Å². The standard InChI is InChI=1S/C16H24N4S/c1-6-17-15(14-8-7-11(2)9-12(14)3)10-21-16-19-18-13(4)20(16)5/h7-9,15,17H,6,10H2,1-5H3. The molecule has 0 aliphatic carbocycles. The molecule has 21 heavy (non-hydrogen) atoms. The summed E-state index contributed by atoms with van der Waals surface area (Å²) in [6.45, 7) is 9.40. The number of nitrogens with zero attached hydrogens (tertiary/aromatic N) is 3. The topological polar surface area (TPSA) is 42.7 Å². The van der Waals surface area contributed by atoms with E-state index in [1.807, 2.05) is 18.5 Å². The molecule has 1 N–H and O–H groups in total. The molecule has 0 saturated carbocycles. The van der Waals surface area contributed by atoms with Gasteiger partial charge >= 0.3 is 0 Å². The van der Waals surface area contributed by atoms with Gasteiger partial charge in [0.1, 0.15) is 5.82 Å². The molecule has 1 atom stereocenters. The van der Waals surface area contributed by atoms with Gasteiger partial charge in [0.2, 0.25) is 0 Å². The van der Waals surface area contributed by atoms with Crippen LogP contribution < -0.4 is 5.32 Å². The second-order valence-corrected chi connectivity index (χ2v) is 6.36. The minimum absolute atomic E-state index is 0.331. The van der Waals surface area contributed by atoms with Crippen LogP contribution in [0.1, 0.15) is 35.5 Å². The second kappa shape index (κ2) is 7.09. The van der Waals surface area contributed by atoms with E-state index < -0.39 is 0 Å². The third-order valence-electron chi connectivity index (χ3n) is 3.68. The van der Waals surface area contributed by atoms with Gasteiger partial charge in [-0.3, -0.25) is 0 Å². The first-order valence-electron chi connectivity index (χ1n) is 7.32. The van der Waals surface area contributed by atoms with Gasteiger partial charge in [0.15, 0.2) is 5.16 Å². The van der Waals surface area contributed by atoms with Gasteiger partial charge in [-0.2, -0.15) is 0 Å². The van der Waals surface area contributed by atoms with E-state index in [2.05, 4.69) is 54.5 Å². The summed E-state index contributed by atoms with van der Waals surface area (Å²) in [6, 6.07) is 7.00. The smallest absolute Gasteiger partial charge is 0.191 e. The van der Waals surface area contributed by atoms with Crippen LogP contribution in [0.4, 0.5) is 0 Å². The summed E-state index contributed by atoms with van der Waals surface area (Å²) >= 11 is 1.75. The Bertz CT molecular complexity index is 606. The zero-order valence-electron chi connectivity index (χ0n) is 13.5. The third-order valence-corrected chi connectivity index (χ3v) is 4.80. The van der Waals surface area contributed by atoms with Gasteiger partial charge in [0, 0.05) is 18.8 Å². The lowest BCUT2D eigenvalue weighted by atomic mass is 10.0. The number of benzene rings is 1. The summed E-state index contributed by atoms with van der Waals surface area (Å²) in [7, 11) is 2.01. The van der Waals surface area contributed by atoms with Crippen molar-refractivity contribution in [2.45, 2.75) is 38.9 Å². The van der Waals surface area contributed by atoms with Gasteiger partial charge in [-0.1, -0.05) is 42.4 Å². The van der Waals surface area contributed by atoms with Crippen molar-refractivity contribution < 1.29 is 0 Å². The molecular formula is C16H24N4S. The van der Waals surface area contributed by atoms with E-state index in [9.17, 15) is 0 Å². The van der Waals surface area contributed by atoms with E-state index in [1.54, 1.807) is 11.8 Å². The predicted molar refractivity (Wildman–Crippen MR) is 88.8 cm³/mol. The molecule has 2 rings (SSSR count). The van der Waals surface area contributed by atoms with Crippen molar-refractivity contribution in [3.63, 3.8) is 0 Å². The molecule has 0 spiro atoms. The van der Waals surface area contributed by atoms with Gasteiger partial charge in [0.25, 0.3) is 0 Å². The van der Waals surface area contributed by atoms with E-state index in [0.29, 0.717) is 6.04 Å². The Morgan fingerprint density at radius 3 is 2.57 bits per heavy atom. The lowest BCUT2D eigenvalue weighted by Crippen LogP contribution is -2.24. The molecule has 0 radical (unpaired) electrons. The van der Waals surface area contributed by atoms with Gasteiger partial charge < -0.3 is 9.88 Å². The van der Waals surface area contributed by atoms with E-state index in [0.717, 1.165) is 23.3 Å².